The molecule has 0 radical (unpaired) electrons. The van der Waals surface area contributed by atoms with Crippen LogP contribution in [0.4, 0.5) is 0 Å². The molecule has 6 heteroatoms. The van der Waals surface area contributed by atoms with Crippen LogP contribution in [0.2, 0.25) is 0 Å². The van der Waals surface area contributed by atoms with E-state index in [4.69, 9.17) is 28.8 Å². The molecule has 1 N–H and O–H groups in total. The van der Waals surface area contributed by atoms with Gasteiger partial charge in [0.05, 0.1) is 39.6 Å². The summed E-state index contributed by atoms with van der Waals surface area (Å²) in [5.74, 6) is 0.975. The van der Waals surface area contributed by atoms with Crippen molar-refractivity contribution in [2.75, 3.05) is 46.2 Å². The second kappa shape index (κ2) is 10.5. The number of unbranched alkanes of at least 4 members (excludes halogenated alkanes) is 1. The Hall–Kier alpha value is -2.38. The summed E-state index contributed by atoms with van der Waals surface area (Å²) < 4.78 is 30.3. The predicted molar refractivity (Wildman–Crippen MR) is 139 cm³/mol. The minimum absolute atomic E-state index is 0.0112. The van der Waals surface area contributed by atoms with Crippen LogP contribution >= 0.6 is 0 Å². The van der Waals surface area contributed by atoms with Gasteiger partial charge in [0.1, 0.15) is 18.1 Å². The summed E-state index contributed by atoms with van der Waals surface area (Å²) in [4.78, 5) is 0. The van der Waals surface area contributed by atoms with E-state index in [1.54, 1.807) is 0 Å². The fourth-order valence-corrected chi connectivity index (χ4v) is 5.05. The third-order valence-electron chi connectivity index (χ3n) is 7.03. The van der Waals surface area contributed by atoms with Gasteiger partial charge in [0.15, 0.2) is 0 Å². The molecule has 36 heavy (non-hydrogen) atoms. The van der Waals surface area contributed by atoms with Crippen molar-refractivity contribution >= 4 is 11.1 Å². The molecule has 1 aliphatic heterocycles. The molecule has 0 amide bonds. The molecular weight excluding hydrogens is 456 g/mol. The third kappa shape index (κ3) is 5.05. The average Bonchev–Trinajstić information content (AvgIpc) is 3.50. The monoisotopic (exact) mass is 494 g/mol. The van der Waals surface area contributed by atoms with E-state index >= 15 is 0 Å². The van der Waals surface area contributed by atoms with Crippen LogP contribution in [0.25, 0.3) is 11.1 Å². The highest BCUT2D eigenvalue weighted by molar-refractivity contribution is 6.17. The van der Waals surface area contributed by atoms with E-state index in [2.05, 4.69) is 51.1 Å². The van der Waals surface area contributed by atoms with Gasteiger partial charge in [-0.05, 0) is 65.8 Å². The molecule has 0 bridgehead atoms. The topological polar surface area (TPSA) is 66.4 Å². The van der Waals surface area contributed by atoms with Gasteiger partial charge in [0.25, 0.3) is 0 Å². The van der Waals surface area contributed by atoms with Crippen LogP contribution in [0.15, 0.2) is 36.4 Å². The van der Waals surface area contributed by atoms with Gasteiger partial charge in [0.2, 0.25) is 5.79 Å². The van der Waals surface area contributed by atoms with Crippen molar-refractivity contribution in [2.24, 2.45) is 5.41 Å². The van der Waals surface area contributed by atoms with Gasteiger partial charge in [-0.3, -0.25) is 0 Å². The number of aryl methyl sites for hydroxylation is 2. The molecule has 5 rings (SSSR count). The van der Waals surface area contributed by atoms with Crippen molar-refractivity contribution < 1.29 is 28.8 Å². The van der Waals surface area contributed by atoms with Crippen LogP contribution < -0.4 is 9.47 Å². The average molecular weight is 495 g/mol. The highest BCUT2D eigenvalue weighted by Gasteiger charge is 2.61. The molecule has 1 heterocycles. The first kappa shape index (κ1) is 25.3. The van der Waals surface area contributed by atoms with E-state index in [-0.39, 0.29) is 12.0 Å². The molecular formula is C30H38O6. The van der Waals surface area contributed by atoms with E-state index in [0.29, 0.717) is 33.0 Å². The van der Waals surface area contributed by atoms with Crippen molar-refractivity contribution in [1.82, 2.24) is 0 Å². The van der Waals surface area contributed by atoms with Gasteiger partial charge < -0.3 is 28.8 Å². The molecule has 0 saturated carbocycles. The first-order valence-electron chi connectivity index (χ1n) is 13.2. The summed E-state index contributed by atoms with van der Waals surface area (Å²) in [5, 5.41) is 8.87. The van der Waals surface area contributed by atoms with Crippen LogP contribution in [0, 0.1) is 5.41 Å². The fourth-order valence-electron chi connectivity index (χ4n) is 5.05. The second-order valence-corrected chi connectivity index (χ2v) is 10.6. The lowest BCUT2D eigenvalue weighted by Crippen LogP contribution is -2.41. The molecule has 6 nitrogen and oxygen atoms in total. The van der Waals surface area contributed by atoms with Crippen LogP contribution in [-0.4, -0.2) is 57.1 Å². The zero-order valence-electron chi connectivity index (χ0n) is 21.7. The minimum atomic E-state index is -0.769. The summed E-state index contributed by atoms with van der Waals surface area (Å²) in [5.41, 5.74) is 7.17. The second-order valence-electron chi connectivity index (χ2n) is 10.6. The van der Waals surface area contributed by atoms with Crippen molar-refractivity contribution in [1.29, 1.82) is 0 Å². The van der Waals surface area contributed by atoms with Crippen molar-refractivity contribution in [3.05, 3.63) is 58.7 Å². The summed E-state index contributed by atoms with van der Waals surface area (Å²) in [7, 11) is 0. The predicted octanol–water partition coefficient (Wildman–Crippen LogP) is 5.05. The maximum atomic E-state index is 8.87. The third-order valence-corrected chi connectivity index (χ3v) is 7.03. The zero-order chi connectivity index (χ0) is 25.2. The zero-order valence-corrected chi connectivity index (χ0v) is 21.7. The fraction of sp³-hybridized carbons (Fsp3) is 0.533. The van der Waals surface area contributed by atoms with Gasteiger partial charge >= 0.3 is 0 Å². The number of fused-ring (bicyclic) bond motifs is 6. The molecule has 1 saturated heterocycles. The maximum Gasteiger partial charge on any atom is 0.224 e. The van der Waals surface area contributed by atoms with E-state index < -0.39 is 5.79 Å². The number of aliphatic hydroxyl groups excluding tert-OH is 1. The Labute approximate surface area is 214 Å². The Morgan fingerprint density at radius 3 is 1.94 bits per heavy atom. The smallest absolute Gasteiger partial charge is 0.224 e. The van der Waals surface area contributed by atoms with E-state index in [0.717, 1.165) is 54.9 Å². The van der Waals surface area contributed by atoms with Gasteiger partial charge in [-0.1, -0.05) is 39.3 Å². The van der Waals surface area contributed by atoms with Crippen LogP contribution in [-0.2, 0) is 27.1 Å². The van der Waals surface area contributed by atoms with Gasteiger partial charge in [-0.25, -0.2) is 0 Å². The lowest BCUT2D eigenvalue weighted by Gasteiger charge is -2.37. The lowest BCUT2D eigenvalue weighted by molar-refractivity contribution is -0.218. The van der Waals surface area contributed by atoms with Gasteiger partial charge in [-0.2, -0.15) is 0 Å². The Morgan fingerprint density at radius 2 is 1.39 bits per heavy atom. The molecule has 0 aromatic heterocycles. The maximum absolute atomic E-state index is 8.87. The van der Waals surface area contributed by atoms with Crippen LogP contribution in [0.3, 0.4) is 0 Å². The molecule has 1 spiro atoms. The number of rotatable bonds is 10. The van der Waals surface area contributed by atoms with E-state index in [9.17, 15) is 0 Å². The SMILES string of the molecule is CCCCOc1ccc2c(c1)CCc1cc(OCCOCCO)ccc1C1=C2C12OCC(C)(C)CO2. The molecule has 2 aliphatic carbocycles. The summed E-state index contributed by atoms with van der Waals surface area (Å²) in [6.45, 7) is 9.80. The first-order valence-corrected chi connectivity index (χ1v) is 13.2. The van der Waals surface area contributed by atoms with Crippen molar-refractivity contribution in [3.8, 4) is 11.5 Å². The summed E-state index contributed by atoms with van der Waals surface area (Å²) >= 11 is 0. The number of ether oxygens (including phenoxy) is 5. The molecule has 1 fully saturated rings. The Bertz CT molecular complexity index is 1110. The molecule has 2 aromatic rings. The standard InChI is InChI=1S/C30H38O6/c1-4-5-13-33-23-8-10-25-21(17-23)6-7-22-18-24(34-16-15-32-14-12-31)9-11-26(22)28-27(25)30(28)35-19-29(2,3)20-36-30/h8-11,17-18,31H,4-7,12-16,19-20H2,1-3H3. The lowest BCUT2D eigenvalue weighted by atomic mass is 9.93. The molecule has 194 valence electrons. The van der Waals surface area contributed by atoms with Crippen LogP contribution in [0.5, 0.6) is 11.5 Å². The summed E-state index contributed by atoms with van der Waals surface area (Å²) in [6.07, 6.45) is 3.95. The highest BCUT2D eigenvalue weighted by Crippen LogP contribution is 2.63. The number of benzene rings is 2. The summed E-state index contributed by atoms with van der Waals surface area (Å²) in [6, 6.07) is 12.7. The van der Waals surface area contributed by atoms with E-state index in [1.807, 2.05) is 6.07 Å². The largest absolute Gasteiger partial charge is 0.494 e. The highest BCUT2D eigenvalue weighted by atomic mass is 16.7. The molecule has 0 unspecified atom stereocenters. The number of hydrogen-bond donors (Lipinski definition) is 1. The number of hydrogen-bond acceptors (Lipinski definition) is 6. The van der Waals surface area contributed by atoms with Gasteiger partial charge in [-0.15, -0.1) is 0 Å². The Morgan fingerprint density at radius 1 is 0.806 bits per heavy atom. The van der Waals surface area contributed by atoms with Crippen LogP contribution in [0.1, 0.15) is 55.9 Å². The quantitative estimate of drug-likeness (QED) is 0.467. The Balaban J connectivity index is 1.45. The minimum Gasteiger partial charge on any atom is -0.494 e. The number of aliphatic hydroxyl groups is 1. The van der Waals surface area contributed by atoms with Crippen molar-refractivity contribution in [3.63, 3.8) is 0 Å². The molecule has 2 aromatic carbocycles. The van der Waals surface area contributed by atoms with Gasteiger partial charge in [0, 0.05) is 16.6 Å². The Kier molecular flexibility index (Phi) is 7.40. The normalized spacial score (nSPS) is 19.1. The van der Waals surface area contributed by atoms with E-state index in [1.165, 1.54) is 22.3 Å². The molecule has 0 atom stereocenters. The van der Waals surface area contributed by atoms with Crippen molar-refractivity contribution in [2.45, 2.75) is 52.2 Å². The first-order chi connectivity index (χ1) is 17.5. The molecule has 3 aliphatic rings.